The molecule has 1 aliphatic heterocycles. The number of phenolic OH excluding ortho intramolecular Hbond substituents is 2. The van der Waals surface area contributed by atoms with Crippen molar-refractivity contribution in [1.29, 1.82) is 0 Å². The van der Waals surface area contributed by atoms with E-state index >= 15 is 0 Å². The first kappa shape index (κ1) is 34.6. The summed E-state index contributed by atoms with van der Waals surface area (Å²) in [6.45, 7) is 1.00. The molecule has 240 valence electrons. The van der Waals surface area contributed by atoms with Gasteiger partial charge in [-0.2, -0.15) is 22.0 Å². The Kier molecular flexibility index (Phi) is 12.6. The monoisotopic (exact) mass is 635 g/mol. The maximum Gasteiger partial charge on any atom is 0.453 e. The Morgan fingerprint density at radius 3 is 2.23 bits per heavy atom. The van der Waals surface area contributed by atoms with Crippen molar-refractivity contribution in [2.75, 3.05) is 37.7 Å². The SMILES string of the molecule is O=C(O)CN(CCCCC[C@@H]1c2ccc(O)cc2OC[C@@H]1c1ccc(O)cc1)CCCS(=O)CCCC(F)(F)C(F)(F)F. The number of aromatic hydroxyl groups is 2. The van der Waals surface area contributed by atoms with Crippen LogP contribution in [0, 0.1) is 0 Å². The van der Waals surface area contributed by atoms with Crippen molar-refractivity contribution in [3.05, 3.63) is 53.6 Å². The predicted molar refractivity (Wildman–Crippen MR) is 152 cm³/mol. The summed E-state index contributed by atoms with van der Waals surface area (Å²) in [6.07, 6.45) is -4.06. The minimum Gasteiger partial charge on any atom is -0.508 e. The molecule has 0 fully saturated rings. The molecule has 0 spiro atoms. The van der Waals surface area contributed by atoms with E-state index in [1.165, 1.54) is 0 Å². The summed E-state index contributed by atoms with van der Waals surface area (Å²) in [5, 5.41) is 28.9. The zero-order valence-corrected chi connectivity index (χ0v) is 24.5. The van der Waals surface area contributed by atoms with Gasteiger partial charge in [0.25, 0.3) is 0 Å². The van der Waals surface area contributed by atoms with E-state index in [4.69, 9.17) is 4.74 Å². The number of alkyl halides is 5. The fourth-order valence-electron chi connectivity index (χ4n) is 5.36. The smallest absolute Gasteiger partial charge is 0.453 e. The van der Waals surface area contributed by atoms with Gasteiger partial charge in [-0.1, -0.05) is 31.0 Å². The maximum atomic E-state index is 13.0. The minimum atomic E-state index is -5.63. The molecule has 0 aromatic heterocycles. The molecule has 1 aliphatic rings. The van der Waals surface area contributed by atoms with E-state index in [0.29, 0.717) is 38.3 Å². The van der Waals surface area contributed by atoms with E-state index in [2.05, 4.69) is 0 Å². The van der Waals surface area contributed by atoms with Crippen LogP contribution < -0.4 is 4.74 Å². The number of carboxylic acid groups (broad SMARTS) is 1. The molecule has 2 aromatic carbocycles. The van der Waals surface area contributed by atoms with E-state index in [1.54, 1.807) is 29.2 Å². The molecule has 1 heterocycles. The molecule has 13 heteroatoms. The van der Waals surface area contributed by atoms with Crippen molar-refractivity contribution in [3.8, 4) is 17.2 Å². The van der Waals surface area contributed by atoms with Gasteiger partial charge in [-0.3, -0.25) is 13.9 Å². The van der Waals surface area contributed by atoms with Crippen molar-refractivity contribution >= 4 is 16.8 Å². The number of carboxylic acids is 1. The molecular weight excluding hydrogens is 597 g/mol. The van der Waals surface area contributed by atoms with Gasteiger partial charge in [0.1, 0.15) is 17.2 Å². The van der Waals surface area contributed by atoms with Crippen LogP contribution in [0.5, 0.6) is 17.2 Å². The molecule has 3 N–H and O–H groups in total. The van der Waals surface area contributed by atoms with Gasteiger partial charge in [0.05, 0.1) is 13.2 Å². The highest BCUT2D eigenvalue weighted by atomic mass is 32.2. The van der Waals surface area contributed by atoms with Crippen LogP contribution in [0.15, 0.2) is 42.5 Å². The minimum absolute atomic E-state index is 0.0433. The topological polar surface area (TPSA) is 107 Å². The first-order valence-electron chi connectivity index (χ1n) is 14.2. The van der Waals surface area contributed by atoms with Crippen molar-refractivity contribution < 1.29 is 51.0 Å². The van der Waals surface area contributed by atoms with Gasteiger partial charge in [0.2, 0.25) is 0 Å². The van der Waals surface area contributed by atoms with Crippen LogP contribution in [0.2, 0.25) is 0 Å². The third kappa shape index (κ3) is 10.6. The molecular formula is C30H38F5NO6S. The van der Waals surface area contributed by atoms with Gasteiger partial charge in [-0.25, -0.2) is 0 Å². The first-order chi connectivity index (χ1) is 20.3. The summed E-state index contributed by atoms with van der Waals surface area (Å²) in [6, 6.07) is 12.1. The number of unbranched alkanes of at least 4 members (excludes halogenated alkanes) is 2. The zero-order chi connectivity index (χ0) is 31.6. The third-order valence-corrected chi connectivity index (χ3v) is 9.08. The Bertz CT molecular complexity index is 1210. The van der Waals surface area contributed by atoms with E-state index in [9.17, 15) is 46.3 Å². The fourth-order valence-corrected chi connectivity index (χ4v) is 6.48. The van der Waals surface area contributed by atoms with Gasteiger partial charge in [0.15, 0.2) is 0 Å². The number of aliphatic carboxylic acids is 1. The van der Waals surface area contributed by atoms with Crippen LogP contribution in [0.3, 0.4) is 0 Å². The Balaban J connectivity index is 1.46. The normalized spacial score (nSPS) is 17.8. The fraction of sp³-hybridized carbons (Fsp3) is 0.567. The van der Waals surface area contributed by atoms with Crippen LogP contribution in [0.4, 0.5) is 22.0 Å². The van der Waals surface area contributed by atoms with Gasteiger partial charge >= 0.3 is 18.1 Å². The Morgan fingerprint density at radius 1 is 0.907 bits per heavy atom. The molecule has 0 amide bonds. The Hall–Kier alpha value is -2.93. The summed E-state index contributed by atoms with van der Waals surface area (Å²) in [5.41, 5.74) is 2.02. The van der Waals surface area contributed by atoms with Crippen LogP contribution in [-0.2, 0) is 15.6 Å². The lowest BCUT2D eigenvalue weighted by atomic mass is 9.77. The van der Waals surface area contributed by atoms with Crippen molar-refractivity contribution in [3.63, 3.8) is 0 Å². The average Bonchev–Trinajstić information content (AvgIpc) is 2.92. The van der Waals surface area contributed by atoms with Crippen LogP contribution >= 0.6 is 0 Å². The van der Waals surface area contributed by atoms with E-state index in [1.807, 2.05) is 18.2 Å². The van der Waals surface area contributed by atoms with Gasteiger partial charge in [0, 0.05) is 40.7 Å². The lowest BCUT2D eigenvalue weighted by molar-refractivity contribution is -0.284. The molecule has 3 atom stereocenters. The van der Waals surface area contributed by atoms with Gasteiger partial charge in [-0.05, 0) is 74.0 Å². The lowest BCUT2D eigenvalue weighted by Gasteiger charge is -2.34. The summed E-state index contributed by atoms with van der Waals surface area (Å²) < 4.78 is 80.9. The summed E-state index contributed by atoms with van der Waals surface area (Å²) in [7, 11) is -1.58. The van der Waals surface area contributed by atoms with E-state index in [0.717, 1.165) is 30.4 Å². The standard InChI is InChI=1S/C30H38F5NO6S/c31-29(32,30(33,34)35)13-4-16-43(41)17-5-15-36(19-28(39)40)14-3-1-2-6-24-25-12-11-23(38)18-27(25)42-20-26(24)21-7-9-22(37)10-8-21/h7-12,18,24,26,37-38H,1-6,13-17,19-20H2,(H,39,40)/t24-,26-,43?/m1/s1. The predicted octanol–water partition coefficient (Wildman–Crippen LogP) is 6.42. The molecule has 2 aromatic rings. The number of halogens is 5. The number of rotatable bonds is 17. The third-order valence-electron chi connectivity index (χ3n) is 7.59. The number of fused-ring (bicyclic) bond motifs is 1. The number of phenols is 2. The second-order valence-corrected chi connectivity index (χ2v) is 12.6. The molecule has 7 nitrogen and oxygen atoms in total. The summed E-state index contributed by atoms with van der Waals surface area (Å²) in [5.74, 6) is -4.93. The first-order valence-corrected chi connectivity index (χ1v) is 15.7. The molecule has 0 radical (unpaired) electrons. The Labute approximate surface area is 250 Å². The van der Waals surface area contributed by atoms with Crippen molar-refractivity contribution in [2.45, 2.75) is 68.9 Å². The quantitative estimate of drug-likeness (QED) is 0.136. The highest BCUT2D eigenvalue weighted by Crippen LogP contribution is 2.46. The number of carbonyl (C=O) groups is 1. The zero-order valence-electron chi connectivity index (χ0n) is 23.7. The molecule has 0 aliphatic carbocycles. The number of ether oxygens (including phenoxy) is 1. The number of hydrogen-bond donors (Lipinski definition) is 3. The molecule has 0 saturated carbocycles. The molecule has 43 heavy (non-hydrogen) atoms. The largest absolute Gasteiger partial charge is 0.508 e. The van der Waals surface area contributed by atoms with Crippen LogP contribution in [0.25, 0.3) is 0 Å². The molecule has 1 unspecified atom stereocenters. The Morgan fingerprint density at radius 2 is 1.56 bits per heavy atom. The molecule has 3 rings (SSSR count). The number of nitrogens with zero attached hydrogens (tertiary/aromatic N) is 1. The molecule has 0 bridgehead atoms. The second kappa shape index (κ2) is 15.7. The lowest BCUT2D eigenvalue weighted by Crippen LogP contribution is -2.36. The maximum absolute atomic E-state index is 13.0. The van der Waals surface area contributed by atoms with Gasteiger partial charge in [-0.15, -0.1) is 0 Å². The molecule has 0 saturated heterocycles. The van der Waals surface area contributed by atoms with Crippen molar-refractivity contribution in [2.24, 2.45) is 0 Å². The van der Waals surface area contributed by atoms with Crippen LogP contribution in [-0.4, -0.2) is 80.2 Å². The average molecular weight is 636 g/mol. The van der Waals surface area contributed by atoms with E-state index in [-0.39, 0.29) is 41.4 Å². The van der Waals surface area contributed by atoms with Gasteiger partial charge < -0.3 is 20.1 Å². The van der Waals surface area contributed by atoms with E-state index < -0.39 is 41.7 Å². The second-order valence-electron chi connectivity index (χ2n) is 10.9. The highest BCUT2D eigenvalue weighted by molar-refractivity contribution is 7.84. The number of hydrogen-bond acceptors (Lipinski definition) is 6. The van der Waals surface area contributed by atoms with Crippen LogP contribution in [0.1, 0.15) is 67.9 Å². The summed E-state index contributed by atoms with van der Waals surface area (Å²) >= 11 is 0. The summed E-state index contributed by atoms with van der Waals surface area (Å²) in [4.78, 5) is 13.1. The highest BCUT2D eigenvalue weighted by Gasteiger charge is 2.56. The number of benzene rings is 2. The van der Waals surface area contributed by atoms with Crippen molar-refractivity contribution in [1.82, 2.24) is 4.90 Å².